The number of aliphatic hydroxyl groups is 1. The zero-order valence-electron chi connectivity index (χ0n) is 24.8. The van der Waals surface area contributed by atoms with Crippen molar-refractivity contribution in [3.8, 4) is 11.5 Å². The summed E-state index contributed by atoms with van der Waals surface area (Å²) in [5.41, 5.74) is -1.45. The second-order valence-electron chi connectivity index (χ2n) is 11.7. The number of nitrogens with one attached hydrogen (secondary N) is 3. The van der Waals surface area contributed by atoms with Crippen molar-refractivity contribution in [2.75, 3.05) is 34.0 Å². The Labute approximate surface area is 246 Å². The van der Waals surface area contributed by atoms with E-state index in [2.05, 4.69) is 10.6 Å². The van der Waals surface area contributed by atoms with Gasteiger partial charge in [0.2, 0.25) is 5.91 Å². The number of carbonyl (C=O) groups is 2. The molecule has 3 atom stereocenters. The van der Waals surface area contributed by atoms with Crippen LogP contribution < -0.4 is 20.1 Å². The summed E-state index contributed by atoms with van der Waals surface area (Å²) >= 11 is 0. The molecule has 4 N–H and O–H groups in total. The van der Waals surface area contributed by atoms with Gasteiger partial charge in [0.1, 0.15) is 29.7 Å². The summed E-state index contributed by atoms with van der Waals surface area (Å²) in [5, 5.41) is 26.3. The van der Waals surface area contributed by atoms with Crippen molar-refractivity contribution in [2.45, 2.75) is 68.9 Å². The maximum Gasteiger partial charge on any atom is 0.251 e. The molecule has 2 aromatic rings. The Morgan fingerprint density at radius 1 is 1.12 bits per heavy atom. The molecule has 11 nitrogen and oxygen atoms in total. The Morgan fingerprint density at radius 3 is 2.45 bits per heavy atom. The van der Waals surface area contributed by atoms with E-state index >= 15 is 0 Å². The lowest BCUT2D eigenvalue weighted by molar-refractivity contribution is -0.141. The highest BCUT2D eigenvalue weighted by Crippen LogP contribution is 2.49. The maximum atomic E-state index is 13.8. The van der Waals surface area contributed by atoms with Crippen LogP contribution in [0.5, 0.6) is 11.5 Å². The smallest absolute Gasteiger partial charge is 0.251 e. The number of methoxy groups -OCH3 is 2. The van der Waals surface area contributed by atoms with Crippen molar-refractivity contribution in [1.82, 2.24) is 15.5 Å². The fourth-order valence-electron chi connectivity index (χ4n) is 6.42. The monoisotopic (exact) mass is 580 g/mol. The first-order valence-corrected chi connectivity index (χ1v) is 14.3. The van der Waals surface area contributed by atoms with Gasteiger partial charge in [-0.05, 0) is 44.0 Å². The maximum absolute atomic E-state index is 13.8. The molecule has 226 valence electrons. The number of carbonyl (C=O) groups excluding carboxylic acids is 2. The number of fused-ring (bicyclic) bond motifs is 2. The summed E-state index contributed by atoms with van der Waals surface area (Å²) in [6, 6.07) is 10.8. The molecule has 0 bridgehead atoms. The summed E-state index contributed by atoms with van der Waals surface area (Å²) < 4.78 is 23.3. The second-order valence-corrected chi connectivity index (χ2v) is 11.7. The quantitative estimate of drug-likeness (QED) is 0.355. The first-order chi connectivity index (χ1) is 20.0. The van der Waals surface area contributed by atoms with Gasteiger partial charge in [-0.3, -0.25) is 19.9 Å². The lowest BCUT2D eigenvalue weighted by Crippen LogP contribution is -2.66. The van der Waals surface area contributed by atoms with Crippen LogP contribution in [-0.2, 0) is 14.3 Å². The van der Waals surface area contributed by atoms with Gasteiger partial charge in [0.15, 0.2) is 11.6 Å². The van der Waals surface area contributed by atoms with Gasteiger partial charge in [-0.25, -0.2) is 0 Å². The predicted octanol–water partition coefficient (Wildman–Crippen LogP) is 3.08. The number of nitrogens with zero attached hydrogens (tertiary/aromatic N) is 1. The molecule has 1 unspecified atom stereocenters. The third kappa shape index (κ3) is 4.99. The number of hydrogen-bond donors (Lipinski definition) is 4. The van der Waals surface area contributed by atoms with Crippen LogP contribution in [0.4, 0.5) is 0 Å². The van der Waals surface area contributed by atoms with Crippen molar-refractivity contribution in [2.24, 2.45) is 0 Å². The highest BCUT2D eigenvalue weighted by molar-refractivity contribution is 6.00. The molecule has 2 amide bonds. The molecular weight excluding hydrogens is 540 g/mol. The zero-order chi connectivity index (χ0) is 30.3. The SMILES string of the molecule is CCC1(CC)CC(=O)N(C2c3cc(C(=O)N[C@@H]4c5ccccc5OC[C@@]4(C)O)ccc3OC2(COC)COC)C(=N)N1. The standard InChI is InChI=1S/C31H40N4O7/c1-6-30(7-2)15-24(36)35(28(32)34-30)26-21-14-19(12-13-23(21)42-31(26,17-39-4)18-40-5)27(37)33-25-20-10-8-9-11-22(20)41-16-29(25,3)38/h8-14,25-26,38H,6-7,15-18H2,1-5H3,(H2,32,34)(H,33,37)/t25-,26?,29-/m1/s1. The molecule has 3 heterocycles. The molecule has 3 aliphatic rings. The van der Waals surface area contributed by atoms with Gasteiger partial charge in [-0.15, -0.1) is 0 Å². The fraction of sp³-hybridized carbons (Fsp3) is 0.516. The van der Waals surface area contributed by atoms with E-state index < -0.39 is 34.7 Å². The Balaban J connectivity index is 1.53. The van der Waals surface area contributed by atoms with E-state index in [1.54, 1.807) is 31.2 Å². The third-order valence-electron chi connectivity index (χ3n) is 8.80. The van der Waals surface area contributed by atoms with E-state index in [1.165, 1.54) is 19.1 Å². The van der Waals surface area contributed by atoms with Crippen molar-refractivity contribution in [3.63, 3.8) is 0 Å². The van der Waals surface area contributed by atoms with Crippen molar-refractivity contribution >= 4 is 17.8 Å². The normalized spacial score (nSPS) is 25.5. The average molecular weight is 581 g/mol. The van der Waals surface area contributed by atoms with Crippen LogP contribution in [0.1, 0.15) is 73.6 Å². The molecule has 5 rings (SSSR count). The van der Waals surface area contributed by atoms with Gasteiger partial charge in [0.05, 0.1) is 25.7 Å². The van der Waals surface area contributed by atoms with Crippen LogP contribution >= 0.6 is 0 Å². The minimum Gasteiger partial charge on any atom is -0.490 e. The molecule has 0 spiro atoms. The minimum absolute atomic E-state index is 0.0226. The predicted molar refractivity (Wildman–Crippen MR) is 155 cm³/mol. The van der Waals surface area contributed by atoms with Crippen LogP contribution in [0.15, 0.2) is 42.5 Å². The van der Waals surface area contributed by atoms with Crippen LogP contribution in [0.25, 0.3) is 0 Å². The Morgan fingerprint density at radius 2 is 1.81 bits per heavy atom. The van der Waals surface area contributed by atoms with E-state index in [9.17, 15) is 14.7 Å². The van der Waals surface area contributed by atoms with E-state index in [1.807, 2.05) is 32.0 Å². The lowest BCUT2D eigenvalue weighted by atomic mass is 9.84. The van der Waals surface area contributed by atoms with E-state index in [0.29, 0.717) is 41.0 Å². The highest BCUT2D eigenvalue weighted by Gasteiger charge is 2.56. The van der Waals surface area contributed by atoms with Crippen LogP contribution in [0.3, 0.4) is 0 Å². The first-order valence-electron chi connectivity index (χ1n) is 14.3. The average Bonchev–Trinajstić information content (AvgIpc) is 3.26. The first kappa shape index (κ1) is 29.8. The zero-order valence-corrected chi connectivity index (χ0v) is 24.8. The number of rotatable bonds is 9. The van der Waals surface area contributed by atoms with Gasteiger partial charge in [-0.1, -0.05) is 32.0 Å². The van der Waals surface area contributed by atoms with Crippen molar-refractivity contribution < 1.29 is 33.6 Å². The Hall–Kier alpha value is -3.67. The third-order valence-corrected chi connectivity index (χ3v) is 8.80. The molecule has 42 heavy (non-hydrogen) atoms. The fourth-order valence-corrected chi connectivity index (χ4v) is 6.42. The molecule has 0 radical (unpaired) electrons. The number of hydrogen-bond acceptors (Lipinski definition) is 8. The molecule has 1 saturated heterocycles. The van der Waals surface area contributed by atoms with E-state index in [0.717, 1.165) is 0 Å². The summed E-state index contributed by atoms with van der Waals surface area (Å²) in [4.78, 5) is 28.9. The number of guanidine groups is 1. The number of benzene rings is 2. The largest absolute Gasteiger partial charge is 0.490 e. The van der Waals surface area contributed by atoms with Gasteiger partial charge in [0, 0.05) is 36.4 Å². The lowest BCUT2D eigenvalue weighted by Gasteiger charge is -2.47. The molecule has 0 aromatic heterocycles. The molecular formula is C31H40N4O7. The minimum atomic E-state index is -1.34. The van der Waals surface area contributed by atoms with E-state index in [4.69, 9.17) is 24.4 Å². The summed E-state index contributed by atoms with van der Waals surface area (Å²) in [6.45, 7) is 5.80. The van der Waals surface area contributed by atoms with Gasteiger partial charge in [-0.2, -0.15) is 0 Å². The summed E-state index contributed by atoms with van der Waals surface area (Å²) in [6.07, 6.45) is 1.59. The number of para-hydroxylation sites is 1. The summed E-state index contributed by atoms with van der Waals surface area (Å²) in [7, 11) is 3.08. The number of amides is 2. The summed E-state index contributed by atoms with van der Waals surface area (Å²) in [5.74, 6) is 0.412. The van der Waals surface area contributed by atoms with Crippen LogP contribution in [0, 0.1) is 5.41 Å². The topological polar surface area (TPSA) is 142 Å². The van der Waals surface area contributed by atoms with Crippen molar-refractivity contribution in [1.29, 1.82) is 5.41 Å². The van der Waals surface area contributed by atoms with E-state index in [-0.39, 0.29) is 38.1 Å². The molecule has 0 saturated carbocycles. The molecule has 3 aliphatic heterocycles. The van der Waals surface area contributed by atoms with Gasteiger partial charge < -0.3 is 34.7 Å². The van der Waals surface area contributed by atoms with Crippen LogP contribution in [-0.4, -0.2) is 78.6 Å². The number of ether oxygens (including phenoxy) is 4. The second kappa shape index (κ2) is 11.2. The molecule has 0 aliphatic carbocycles. The van der Waals surface area contributed by atoms with Crippen LogP contribution in [0.2, 0.25) is 0 Å². The molecule has 2 aromatic carbocycles. The molecule has 11 heteroatoms. The van der Waals surface area contributed by atoms with Gasteiger partial charge >= 0.3 is 0 Å². The van der Waals surface area contributed by atoms with Gasteiger partial charge in [0.25, 0.3) is 5.91 Å². The molecule has 1 fully saturated rings. The van der Waals surface area contributed by atoms with Crippen molar-refractivity contribution in [3.05, 3.63) is 59.2 Å². The Kier molecular flexibility index (Phi) is 7.95. The highest BCUT2D eigenvalue weighted by atomic mass is 16.6. The Bertz CT molecular complexity index is 1350.